The first kappa shape index (κ1) is 30.9. The van der Waals surface area contributed by atoms with Gasteiger partial charge in [0.15, 0.2) is 0 Å². The highest BCUT2D eigenvalue weighted by Gasteiger charge is 2.21. The molecule has 42 heavy (non-hydrogen) atoms. The van der Waals surface area contributed by atoms with Gasteiger partial charge in [-0.25, -0.2) is 9.59 Å². The van der Waals surface area contributed by atoms with Crippen molar-refractivity contribution < 1.29 is 19.1 Å². The van der Waals surface area contributed by atoms with Crippen molar-refractivity contribution in [2.24, 2.45) is 0 Å². The molecule has 2 aromatic carbocycles. The van der Waals surface area contributed by atoms with Gasteiger partial charge in [-0.05, 0) is 74.9 Å². The molecule has 0 amide bonds. The Bertz CT molecular complexity index is 1390. The smallest absolute Gasteiger partial charge is 0.339 e. The Balaban J connectivity index is 1.63. The Morgan fingerprint density at radius 1 is 0.571 bits per heavy atom. The standard InChI is InChI=1S/C36H44N2O4/c1-7-11-21-37-25(5)31(35(39)41-9-3)23-33(37)29-17-13-27(14-18-29)28-15-19-30(20-16-28)34-24-32(36(40)42-10-4)26(6)38(34)22-12-8-2/h13-20,23-24H,7-12,21-22H2,1-6H3. The molecule has 0 saturated carbocycles. The number of rotatable bonds is 13. The zero-order valence-corrected chi connectivity index (χ0v) is 26.0. The number of benzene rings is 2. The third-order valence-corrected chi connectivity index (χ3v) is 7.89. The summed E-state index contributed by atoms with van der Waals surface area (Å²) in [7, 11) is 0. The molecule has 0 aliphatic carbocycles. The fraction of sp³-hybridized carbons (Fsp3) is 0.389. The molecule has 4 aromatic rings. The van der Waals surface area contributed by atoms with Crippen LogP contribution in [-0.4, -0.2) is 34.3 Å². The van der Waals surface area contributed by atoms with Crippen LogP contribution < -0.4 is 0 Å². The number of aromatic nitrogens is 2. The molecule has 0 N–H and O–H groups in total. The maximum absolute atomic E-state index is 12.6. The van der Waals surface area contributed by atoms with E-state index >= 15 is 0 Å². The first-order valence-corrected chi connectivity index (χ1v) is 15.3. The zero-order chi connectivity index (χ0) is 30.2. The highest BCUT2D eigenvalue weighted by Crippen LogP contribution is 2.32. The van der Waals surface area contributed by atoms with Gasteiger partial charge in [-0.15, -0.1) is 0 Å². The van der Waals surface area contributed by atoms with Crippen LogP contribution in [0.3, 0.4) is 0 Å². The van der Waals surface area contributed by atoms with Crippen molar-refractivity contribution in [1.29, 1.82) is 0 Å². The Labute approximate surface area is 250 Å². The van der Waals surface area contributed by atoms with Gasteiger partial charge < -0.3 is 18.6 Å². The molecule has 6 nitrogen and oxygen atoms in total. The van der Waals surface area contributed by atoms with Gasteiger partial charge in [-0.1, -0.05) is 75.2 Å². The maximum Gasteiger partial charge on any atom is 0.339 e. The second-order valence-electron chi connectivity index (χ2n) is 10.7. The van der Waals surface area contributed by atoms with Crippen LogP contribution >= 0.6 is 0 Å². The van der Waals surface area contributed by atoms with Gasteiger partial charge >= 0.3 is 11.9 Å². The molecule has 222 valence electrons. The van der Waals surface area contributed by atoms with E-state index in [1.807, 2.05) is 39.8 Å². The first-order valence-electron chi connectivity index (χ1n) is 15.3. The number of ether oxygens (including phenoxy) is 2. The molecular weight excluding hydrogens is 524 g/mol. The molecule has 0 aliphatic heterocycles. The lowest BCUT2D eigenvalue weighted by Crippen LogP contribution is -2.07. The molecule has 2 heterocycles. The number of unbranched alkanes of at least 4 members (excludes halogenated alkanes) is 2. The van der Waals surface area contributed by atoms with Crippen LogP contribution in [0.5, 0.6) is 0 Å². The molecule has 0 atom stereocenters. The Morgan fingerprint density at radius 2 is 0.905 bits per heavy atom. The average Bonchev–Trinajstić information content (AvgIpc) is 3.51. The van der Waals surface area contributed by atoms with Crippen LogP contribution in [0.1, 0.15) is 85.5 Å². The summed E-state index contributed by atoms with van der Waals surface area (Å²) in [5, 5.41) is 0. The van der Waals surface area contributed by atoms with Crippen molar-refractivity contribution in [3.8, 4) is 33.6 Å². The molecule has 0 unspecified atom stereocenters. The van der Waals surface area contributed by atoms with E-state index in [9.17, 15) is 9.59 Å². The second-order valence-corrected chi connectivity index (χ2v) is 10.7. The largest absolute Gasteiger partial charge is 0.462 e. The zero-order valence-electron chi connectivity index (χ0n) is 26.0. The average molecular weight is 569 g/mol. The quantitative estimate of drug-likeness (QED) is 0.151. The minimum absolute atomic E-state index is 0.270. The lowest BCUT2D eigenvalue weighted by atomic mass is 10.0. The highest BCUT2D eigenvalue weighted by atomic mass is 16.5. The summed E-state index contributed by atoms with van der Waals surface area (Å²) in [5.74, 6) is -0.540. The Hall–Kier alpha value is -4.06. The fourth-order valence-corrected chi connectivity index (χ4v) is 5.48. The van der Waals surface area contributed by atoms with Gasteiger partial charge in [-0.3, -0.25) is 0 Å². The Morgan fingerprint density at radius 3 is 1.21 bits per heavy atom. The fourth-order valence-electron chi connectivity index (χ4n) is 5.48. The SMILES string of the molecule is CCCCn1c(-c2ccc(-c3ccc(-c4cc(C(=O)OCC)c(C)n4CCCC)cc3)cc2)cc(C(=O)OCC)c1C. The molecule has 0 bridgehead atoms. The molecule has 4 rings (SSSR count). The number of nitrogens with zero attached hydrogens (tertiary/aromatic N) is 2. The molecule has 0 spiro atoms. The van der Waals surface area contributed by atoms with E-state index in [2.05, 4.69) is 71.5 Å². The van der Waals surface area contributed by atoms with Crippen LogP contribution in [0, 0.1) is 13.8 Å². The third kappa shape index (κ3) is 6.53. The maximum atomic E-state index is 12.6. The van der Waals surface area contributed by atoms with E-state index in [1.54, 1.807) is 0 Å². The predicted octanol–water partition coefficient (Wildman–Crippen LogP) is 8.86. The molecule has 0 radical (unpaired) electrons. The number of esters is 2. The molecule has 0 saturated heterocycles. The minimum atomic E-state index is -0.270. The number of carbonyl (C=O) groups excluding carboxylic acids is 2. The van der Waals surface area contributed by atoms with Gasteiger partial charge in [0.2, 0.25) is 0 Å². The van der Waals surface area contributed by atoms with E-state index in [1.165, 1.54) is 0 Å². The van der Waals surface area contributed by atoms with Crippen molar-refractivity contribution in [2.45, 2.75) is 80.3 Å². The molecule has 0 fully saturated rings. The van der Waals surface area contributed by atoms with Crippen LogP contribution in [0.15, 0.2) is 60.7 Å². The van der Waals surface area contributed by atoms with E-state index < -0.39 is 0 Å². The molecular formula is C36H44N2O4. The number of hydrogen-bond acceptors (Lipinski definition) is 4. The van der Waals surface area contributed by atoms with Crippen LogP contribution in [0.4, 0.5) is 0 Å². The van der Waals surface area contributed by atoms with Crippen molar-refractivity contribution in [3.05, 3.63) is 83.2 Å². The van der Waals surface area contributed by atoms with E-state index in [0.717, 1.165) is 83.8 Å². The molecule has 0 aliphatic rings. The van der Waals surface area contributed by atoms with Crippen LogP contribution in [-0.2, 0) is 22.6 Å². The van der Waals surface area contributed by atoms with Gasteiger partial charge in [0.1, 0.15) is 0 Å². The lowest BCUT2D eigenvalue weighted by Gasteiger charge is -2.13. The van der Waals surface area contributed by atoms with Gasteiger partial charge in [0.25, 0.3) is 0 Å². The van der Waals surface area contributed by atoms with Crippen molar-refractivity contribution >= 4 is 11.9 Å². The number of carbonyl (C=O) groups is 2. The first-order chi connectivity index (χ1) is 20.3. The molecule has 2 aromatic heterocycles. The highest BCUT2D eigenvalue weighted by molar-refractivity contribution is 5.93. The van der Waals surface area contributed by atoms with Gasteiger partial charge in [-0.2, -0.15) is 0 Å². The Kier molecular flexibility index (Phi) is 10.5. The van der Waals surface area contributed by atoms with E-state index in [-0.39, 0.29) is 11.9 Å². The summed E-state index contributed by atoms with van der Waals surface area (Å²) in [6.07, 6.45) is 4.23. The topological polar surface area (TPSA) is 62.5 Å². The summed E-state index contributed by atoms with van der Waals surface area (Å²) in [5.41, 5.74) is 9.59. The van der Waals surface area contributed by atoms with Crippen molar-refractivity contribution in [2.75, 3.05) is 13.2 Å². The summed E-state index contributed by atoms with van der Waals surface area (Å²) >= 11 is 0. The summed E-state index contributed by atoms with van der Waals surface area (Å²) < 4.78 is 15.1. The molecule has 6 heteroatoms. The van der Waals surface area contributed by atoms with Crippen LogP contribution in [0.2, 0.25) is 0 Å². The lowest BCUT2D eigenvalue weighted by molar-refractivity contribution is 0.0515. The minimum Gasteiger partial charge on any atom is -0.462 e. The number of hydrogen-bond donors (Lipinski definition) is 0. The normalized spacial score (nSPS) is 11.1. The van der Waals surface area contributed by atoms with Gasteiger partial charge in [0, 0.05) is 35.9 Å². The second kappa shape index (κ2) is 14.2. The van der Waals surface area contributed by atoms with Crippen molar-refractivity contribution in [3.63, 3.8) is 0 Å². The third-order valence-electron chi connectivity index (χ3n) is 7.89. The van der Waals surface area contributed by atoms with Crippen LogP contribution in [0.25, 0.3) is 33.6 Å². The summed E-state index contributed by atoms with van der Waals surface area (Å²) in [4.78, 5) is 25.2. The van der Waals surface area contributed by atoms with Crippen molar-refractivity contribution in [1.82, 2.24) is 9.13 Å². The van der Waals surface area contributed by atoms with E-state index in [0.29, 0.717) is 24.3 Å². The van der Waals surface area contributed by atoms with E-state index in [4.69, 9.17) is 9.47 Å². The van der Waals surface area contributed by atoms with Gasteiger partial charge in [0.05, 0.1) is 24.3 Å². The summed E-state index contributed by atoms with van der Waals surface area (Å²) in [6, 6.07) is 21.0. The monoisotopic (exact) mass is 568 g/mol. The predicted molar refractivity (Wildman–Crippen MR) is 170 cm³/mol. The summed E-state index contributed by atoms with van der Waals surface area (Å²) in [6.45, 7) is 14.4.